The summed E-state index contributed by atoms with van der Waals surface area (Å²) in [7, 11) is 0. The molecule has 0 fully saturated rings. The van der Waals surface area contributed by atoms with Gasteiger partial charge in [-0.2, -0.15) is 10.2 Å². The van der Waals surface area contributed by atoms with Crippen LogP contribution in [0.25, 0.3) is 0 Å². The number of aromatic nitrogens is 6. The van der Waals surface area contributed by atoms with Gasteiger partial charge in [0.1, 0.15) is 37.5 Å². The Kier molecular flexibility index (Phi) is 8.10. The summed E-state index contributed by atoms with van der Waals surface area (Å²) in [5.74, 6) is -0.0119. The maximum absolute atomic E-state index is 12.0. The highest BCUT2D eigenvalue weighted by molar-refractivity contribution is 6.30. The summed E-state index contributed by atoms with van der Waals surface area (Å²) in [5.41, 5.74) is 1.43. The summed E-state index contributed by atoms with van der Waals surface area (Å²) in [6.45, 7) is 3.67. The highest BCUT2D eigenvalue weighted by Gasteiger charge is 2.18. The van der Waals surface area contributed by atoms with Crippen molar-refractivity contribution in [2.45, 2.75) is 32.0 Å². The number of Topliss-reactive ketones (excluding diaryl/α,β-unsaturated/α-hetero) is 1. The molecule has 0 amide bonds. The lowest BCUT2D eigenvalue weighted by molar-refractivity contribution is 0.0928. The number of carbonyl (C=O) groups is 1. The fraction of sp³-hybridized carbons (Fsp3) is 0.227. The standard InChI is InChI=1S/C11H12ClN3O.C11H10ClN3O/c2*1-8(15-7-13-6-14-15)11(16)9-2-4-10(12)5-3-9/h2-8,11,16H,1H3;2-8H,1H3. The highest BCUT2D eigenvalue weighted by atomic mass is 35.5. The molecule has 0 aliphatic rings. The molecule has 166 valence electrons. The van der Waals surface area contributed by atoms with E-state index >= 15 is 0 Å². The van der Waals surface area contributed by atoms with Gasteiger partial charge in [-0.25, -0.2) is 19.3 Å². The minimum Gasteiger partial charge on any atom is -0.386 e. The van der Waals surface area contributed by atoms with E-state index in [9.17, 15) is 9.90 Å². The van der Waals surface area contributed by atoms with E-state index in [0.29, 0.717) is 15.6 Å². The molecule has 8 nitrogen and oxygen atoms in total. The third kappa shape index (κ3) is 6.00. The molecule has 0 saturated carbocycles. The lowest BCUT2D eigenvalue weighted by Crippen LogP contribution is -2.17. The maximum atomic E-state index is 12.0. The molecule has 0 spiro atoms. The van der Waals surface area contributed by atoms with E-state index in [1.165, 1.54) is 23.7 Å². The molecule has 0 radical (unpaired) electrons. The van der Waals surface area contributed by atoms with E-state index in [2.05, 4.69) is 20.2 Å². The second kappa shape index (κ2) is 11.0. The van der Waals surface area contributed by atoms with Gasteiger partial charge in [-0.05, 0) is 55.8 Å². The summed E-state index contributed by atoms with van der Waals surface area (Å²) in [6.07, 6.45) is 5.35. The Balaban J connectivity index is 0.000000181. The molecule has 0 aliphatic carbocycles. The van der Waals surface area contributed by atoms with Gasteiger partial charge in [0.15, 0.2) is 5.78 Å². The van der Waals surface area contributed by atoms with Crippen molar-refractivity contribution in [3.8, 4) is 0 Å². The second-order valence-corrected chi connectivity index (χ2v) is 7.91. The number of aliphatic hydroxyl groups excluding tert-OH is 1. The van der Waals surface area contributed by atoms with Crippen LogP contribution in [0, 0.1) is 0 Å². The van der Waals surface area contributed by atoms with Gasteiger partial charge in [0, 0.05) is 15.6 Å². The van der Waals surface area contributed by atoms with Crippen LogP contribution in [0.1, 0.15) is 48.0 Å². The van der Waals surface area contributed by atoms with Crippen LogP contribution >= 0.6 is 23.2 Å². The number of hydrogen-bond donors (Lipinski definition) is 1. The monoisotopic (exact) mass is 472 g/mol. The summed E-state index contributed by atoms with van der Waals surface area (Å²) in [5, 5.41) is 19.3. The number of rotatable bonds is 6. The van der Waals surface area contributed by atoms with Crippen molar-refractivity contribution in [1.82, 2.24) is 29.5 Å². The van der Waals surface area contributed by atoms with E-state index < -0.39 is 6.10 Å². The zero-order valence-electron chi connectivity index (χ0n) is 17.5. The number of carbonyl (C=O) groups excluding carboxylic acids is 1. The van der Waals surface area contributed by atoms with Gasteiger partial charge in [0.2, 0.25) is 0 Å². The van der Waals surface area contributed by atoms with Crippen LogP contribution in [0.2, 0.25) is 10.0 Å². The van der Waals surface area contributed by atoms with Crippen LogP contribution in [0.15, 0.2) is 73.8 Å². The van der Waals surface area contributed by atoms with Crippen LogP contribution in [0.4, 0.5) is 0 Å². The van der Waals surface area contributed by atoms with Crippen molar-refractivity contribution in [2.75, 3.05) is 0 Å². The van der Waals surface area contributed by atoms with Crippen LogP contribution < -0.4 is 0 Å². The molecular formula is C22H22Cl2N6O2. The Hall–Kier alpha value is -3.07. The van der Waals surface area contributed by atoms with Crippen LogP contribution in [0.5, 0.6) is 0 Å². The summed E-state index contributed by atoms with van der Waals surface area (Å²) in [6, 6.07) is 13.4. The quantitative estimate of drug-likeness (QED) is 0.411. The Morgan fingerprint density at radius 1 is 0.844 bits per heavy atom. The van der Waals surface area contributed by atoms with Crippen molar-refractivity contribution in [1.29, 1.82) is 0 Å². The third-order valence-electron chi connectivity index (χ3n) is 4.86. The molecular weight excluding hydrogens is 451 g/mol. The first kappa shape index (κ1) is 23.6. The molecule has 4 aromatic rings. The predicted molar refractivity (Wildman–Crippen MR) is 122 cm³/mol. The Labute approximate surface area is 195 Å². The summed E-state index contributed by atoms with van der Waals surface area (Å²) >= 11 is 11.5. The molecule has 0 aliphatic heterocycles. The molecule has 2 heterocycles. The largest absolute Gasteiger partial charge is 0.386 e. The summed E-state index contributed by atoms with van der Waals surface area (Å²) in [4.78, 5) is 19.7. The zero-order valence-corrected chi connectivity index (χ0v) is 19.0. The SMILES string of the molecule is CC(C(=O)c1ccc(Cl)cc1)n1cncn1.CC(C(O)c1ccc(Cl)cc1)n1cncn1. The van der Waals surface area contributed by atoms with Crippen LogP contribution in [-0.4, -0.2) is 40.4 Å². The normalized spacial score (nSPS) is 13.5. The first-order valence-electron chi connectivity index (χ1n) is 9.78. The van der Waals surface area contributed by atoms with Crippen LogP contribution in [-0.2, 0) is 0 Å². The maximum Gasteiger partial charge on any atom is 0.187 e. The Morgan fingerprint density at radius 2 is 1.34 bits per heavy atom. The van der Waals surface area contributed by atoms with Crippen molar-refractivity contribution in [3.63, 3.8) is 0 Å². The number of aliphatic hydroxyl groups is 1. The van der Waals surface area contributed by atoms with Crippen molar-refractivity contribution in [2.24, 2.45) is 0 Å². The molecule has 3 unspecified atom stereocenters. The van der Waals surface area contributed by atoms with Gasteiger partial charge in [-0.1, -0.05) is 35.3 Å². The molecule has 2 aromatic carbocycles. The molecule has 1 N–H and O–H groups in total. The third-order valence-corrected chi connectivity index (χ3v) is 5.37. The van der Waals surface area contributed by atoms with Gasteiger partial charge < -0.3 is 5.11 Å². The van der Waals surface area contributed by atoms with Crippen molar-refractivity contribution in [3.05, 3.63) is 95.0 Å². The number of nitrogens with zero attached hydrogens (tertiary/aromatic N) is 6. The minimum atomic E-state index is -0.626. The fourth-order valence-electron chi connectivity index (χ4n) is 2.90. The van der Waals surface area contributed by atoms with Crippen molar-refractivity contribution >= 4 is 29.0 Å². The Morgan fingerprint density at radius 3 is 1.84 bits per heavy atom. The van der Waals surface area contributed by atoms with Gasteiger partial charge in [-0.15, -0.1) is 0 Å². The van der Waals surface area contributed by atoms with Gasteiger partial charge >= 0.3 is 0 Å². The lowest BCUT2D eigenvalue weighted by Gasteiger charge is -2.19. The zero-order chi connectivity index (χ0) is 23.1. The smallest absolute Gasteiger partial charge is 0.187 e. The number of benzene rings is 2. The van der Waals surface area contributed by atoms with Crippen molar-refractivity contribution < 1.29 is 9.90 Å². The first-order valence-corrected chi connectivity index (χ1v) is 10.5. The van der Waals surface area contributed by atoms with E-state index in [1.54, 1.807) is 66.5 Å². The molecule has 4 rings (SSSR count). The second-order valence-electron chi connectivity index (χ2n) is 7.04. The fourth-order valence-corrected chi connectivity index (χ4v) is 3.16. The average Bonchev–Trinajstić information content (AvgIpc) is 3.53. The molecule has 0 saturated heterocycles. The first-order chi connectivity index (χ1) is 15.4. The average molecular weight is 473 g/mol. The predicted octanol–water partition coefficient (Wildman–Crippen LogP) is 4.60. The minimum absolute atomic E-state index is 0.0119. The van der Waals surface area contributed by atoms with E-state index in [-0.39, 0.29) is 17.9 Å². The molecule has 32 heavy (non-hydrogen) atoms. The number of halogens is 2. The Bertz CT molecular complexity index is 1100. The number of hydrogen-bond acceptors (Lipinski definition) is 6. The van der Waals surface area contributed by atoms with Crippen LogP contribution in [0.3, 0.4) is 0 Å². The van der Waals surface area contributed by atoms with E-state index in [0.717, 1.165) is 5.56 Å². The number of ketones is 1. The summed E-state index contributed by atoms with van der Waals surface area (Å²) < 4.78 is 3.15. The van der Waals surface area contributed by atoms with E-state index in [4.69, 9.17) is 23.2 Å². The van der Waals surface area contributed by atoms with Gasteiger partial charge in [0.25, 0.3) is 0 Å². The lowest BCUT2D eigenvalue weighted by atomic mass is 10.0. The highest BCUT2D eigenvalue weighted by Crippen LogP contribution is 2.25. The molecule has 2 aromatic heterocycles. The molecule has 10 heteroatoms. The topological polar surface area (TPSA) is 98.7 Å². The molecule has 3 atom stereocenters. The van der Waals surface area contributed by atoms with E-state index in [1.807, 2.05) is 6.92 Å². The van der Waals surface area contributed by atoms with Gasteiger partial charge in [0.05, 0.1) is 6.04 Å². The molecule has 0 bridgehead atoms. The van der Waals surface area contributed by atoms with Gasteiger partial charge in [-0.3, -0.25) is 4.79 Å².